The second kappa shape index (κ2) is 7.88. The predicted molar refractivity (Wildman–Crippen MR) is 95.1 cm³/mol. The molecule has 24 heavy (non-hydrogen) atoms. The van der Waals surface area contributed by atoms with Gasteiger partial charge < -0.3 is 19.1 Å². The molecule has 0 amide bonds. The van der Waals surface area contributed by atoms with Gasteiger partial charge in [0.15, 0.2) is 6.10 Å². The van der Waals surface area contributed by atoms with E-state index in [9.17, 15) is 0 Å². The molecule has 0 bridgehead atoms. The number of methoxy groups -OCH3 is 1. The van der Waals surface area contributed by atoms with Crippen molar-refractivity contribution >= 4 is 11.6 Å². The molecule has 5 heteroatoms. The molecule has 0 saturated carbocycles. The molecular formula is C19H22ClNO3. The van der Waals surface area contributed by atoms with Crippen LogP contribution in [0.4, 0.5) is 0 Å². The Kier molecular flexibility index (Phi) is 5.61. The third kappa shape index (κ3) is 4.20. The molecule has 0 aromatic heterocycles. The summed E-state index contributed by atoms with van der Waals surface area (Å²) in [5.74, 6) is 1.59. The fourth-order valence-corrected chi connectivity index (χ4v) is 2.93. The largest absolute Gasteiger partial charge is 0.497 e. The number of rotatable bonds is 5. The van der Waals surface area contributed by atoms with Crippen LogP contribution in [0.5, 0.6) is 11.5 Å². The SMILES string of the molecule is COc1ccc(OC(c2ccc(Cl)cc2)C2CN(C)CCO2)cc1. The van der Waals surface area contributed by atoms with Gasteiger partial charge in [-0.05, 0) is 49.0 Å². The van der Waals surface area contributed by atoms with Gasteiger partial charge in [0.2, 0.25) is 0 Å². The van der Waals surface area contributed by atoms with Gasteiger partial charge in [0.25, 0.3) is 0 Å². The zero-order valence-electron chi connectivity index (χ0n) is 13.9. The number of ether oxygens (including phenoxy) is 3. The fourth-order valence-electron chi connectivity index (χ4n) is 2.81. The Labute approximate surface area is 147 Å². The molecule has 3 rings (SSSR count). The highest BCUT2D eigenvalue weighted by molar-refractivity contribution is 6.30. The lowest BCUT2D eigenvalue weighted by atomic mass is 10.0. The standard InChI is InChI=1S/C19H22ClNO3/c1-21-11-12-23-18(13-21)19(14-3-5-15(20)6-4-14)24-17-9-7-16(22-2)8-10-17/h3-10,18-19H,11-13H2,1-2H3. The van der Waals surface area contributed by atoms with E-state index < -0.39 is 0 Å². The van der Waals surface area contributed by atoms with Gasteiger partial charge in [-0.25, -0.2) is 0 Å². The Morgan fingerprint density at radius 1 is 1.08 bits per heavy atom. The van der Waals surface area contributed by atoms with Crippen molar-refractivity contribution < 1.29 is 14.2 Å². The lowest BCUT2D eigenvalue weighted by Gasteiger charge is -2.35. The van der Waals surface area contributed by atoms with E-state index in [1.54, 1.807) is 7.11 Å². The van der Waals surface area contributed by atoms with Crippen molar-refractivity contribution in [3.8, 4) is 11.5 Å². The zero-order valence-corrected chi connectivity index (χ0v) is 14.7. The highest BCUT2D eigenvalue weighted by atomic mass is 35.5. The van der Waals surface area contributed by atoms with Crippen molar-refractivity contribution in [3.63, 3.8) is 0 Å². The van der Waals surface area contributed by atoms with Crippen molar-refractivity contribution in [2.45, 2.75) is 12.2 Å². The number of benzene rings is 2. The molecule has 1 saturated heterocycles. The lowest BCUT2D eigenvalue weighted by Crippen LogP contribution is -2.44. The molecule has 0 spiro atoms. The quantitative estimate of drug-likeness (QED) is 0.823. The van der Waals surface area contributed by atoms with E-state index in [1.807, 2.05) is 48.5 Å². The average Bonchev–Trinajstić information content (AvgIpc) is 2.61. The minimum Gasteiger partial charge on any atom is -0.497 e. The van der Waals surface area contributed by atoms with Crippen molar-refractivity contribution in [3.05, 3.63) is 59.1 Å². The maximum Gasteiger partial charge on any atom is 0.151 e. The van der Waals surface area contributed by atoms with Crippen LogP contribution in [0.2, 0.25) is 5.02 Å². The van der Waals surface area contributed by atoms with Crippen LogP contribution in [0.3, 0.4) is 0 Å². The summed E-state index contributed by atoms with van der Waals surface area (Å²) in [5, 5.41) is 0.712. The molecule has 1 aliphatic rings. The second-order valence-corrected chi connectivity index (χ2v) is 6.37. The van der Waals surface area contributed by atoms with Crippen molar-refractivity contribution in [1.29, 1.82) is 0 Å². The van der Waals surface area contributed by atoms with Crippen LogP contribution in [0.25, 0.3) is 0 Å². The molecule has 2 unspecified atom stereocenters. The number of nitrogens with zero attached hydrogens (tertiary/aromatic N) is 1. The van der Waals surface area contributed by atoms with Crippen molar-refractivity contribution in [2.75, 3.05) is 33.9 Å². The van der Waals surface area contributed by atoms with Crippen LogP contribution >= 0.6 is 11.6 Å². The number of hydrogen-bond acceptors (Lipinski definition) is 4. The van der Waals surface area contributed by atoms with Crippen LogP contribution in [0, 0.1) is 0 Å². The van der Waals surface area contributed by atoms with Crippen LogP contribution < -0.4 is 9.47 Å². The summed E-state index contributed by atoms with van der Waals surface area (Å²) in [7, 11) is 3.75. The Morgan fingerprint density at radius 2 is 1.75 bits per heavy atom. The van der Waals surface area contributed by atoms with Gasteiger partial charge in [-0.2, -0.15) is 0 Å². The van der Waals surface area contributed by atoms with Gasteiger partial charge in [0, 0.05) is 18.1 Å². The molecule has 2 aromatic rings. The molecule has 1 fully saturated rings. The number of morpholine rings is 1. The van der Waals surface area contributed by atoms with Gasteiger partial charge in [0.05, 0.1) is 13.7 Å². The Bertz CT molecular complexity index is 645. The summed E-state index contributed by atoms with van der Waals surface area (Å²) >= 11 is 6.02. The van der Waals surface area contributed by atoms with E-state index in [-0.39, 0.29) is 12.2 Å². The molecule has 4 nitrogen and oxygen atoms in total. The van der Waals surface area contributed by atoms with Gasteiger partial charge in [-0.15, -0.1) is 0 Å². The Morgan fingerprint density at radius 3 is 2.38 bits per heavy atom. The molecule has 0 radical (unpaired) electrons. The second-order valence-electron chi connectivity index (χ2n) is 5.94. The third-order valence-electron chi connectivity index (χ3n) is 4.16. The molecule has 1 aliphatic heterocycles. The molecule has 0 aliphatic carbocycles. The first kappa shape index (κ1) is 17.1. The first-order chi connectivity index (χ1) is 11.7. The Hall–Kier alpha value is -1.75. The molecule has 1 heterocycles. The summed E-state index contributed by atoms with van der Waals surface area (Å²) in [6.07, 6.45) is -0.231. The average molecular weight is 348 g/mol. The maximum atomic E-state index is 6.28. The summed E-state index contributed by atoms with van der Waals surface area (Å²) in [6, 6.07) is 15.4. The van der Waals surface area contributed by atoms with Crippen molar-refractivity contribution in [1.82, 2.24) is 4.90 Å². The topological polar surface area (TPSA) is 30.9 Å². The summed E-state index contributed by atoms with van der Waals surface area (Å²) in [4.78, 5) is 2.26. The van der Waals surface area contributed by atoms with Gasteiger partial charge in [-0.3, -0.25) is 0 Å². The lowest BCUT2D eigenvalue weighted by molar-refractivity contribution is -0.0760. The number of hydrogen-bond donors (Lipinski definition) is 0. The van der Waals surface area contributed by atoms with Gasteiger partial charge in [0.1, 0.15) is 17.6 Å². The maximum absolute atomic E-state index is 6.28. The normalized spacial score (nSPS) is 19.7. The van der Waals surface area contributed by atoms with E-state index in [1.165, 1.54) is 0 Å². The van der Waals surface area contributed by atoms with Gasteiger partial charge >= 0.3 is 0 Å². The smallest absolute Gasteiger partial charge is 0.151 e. The van der Waals surface area contributed by atoms with Crippen LogP contribution in [0.1, 0.15) is 11.7 Å². The van der Waals surface area contributed by atoms with Crippen LogP contribution in [-0.4, -0.2) is 44.9 Å². The summed E-state index contributed by atoms with van der Waals surface area (Å²) in [5.41, 5.74) is 1.05. The zero-order chi connectivity index (χ0) is 16.9. The number of halogens is 1. The van der Waals surface area contributed by atoms with Crippen molar-refractivity contribution in [2.24, 2.45) is 0 Å². The van der Waals surface area contributed by atoms with E-state index in [0.717, 1.165) is 30.2 Å². The van der Waals surface area contributed by atoms with E-state index in [2.05, 4.69) is 11.9 Å². The number of likely N-dealkylation sites (N-methyl/N-ethyl adjacent to an activating group) is 1. The molecule has 0 N–H and O–H groups in total. The van der Waals surface area contributed by atoms with Gasteiger partial charge in [-0.1, -0.05) is 23.7 Å². The fraction of sp³-hybridized carbons (Fsp3) is 0.368. The molecule has 2 aromatic carbocycles. The molecule has 128 valence electrons. The minimum absolute atomic E-state index is 0.0352. The summed E-state index contributed by atoms with van der Waals surface area (Å²) in [6.45, 7) is 2.47. The highest BCUT2D eigenvalue weighted by Crippen LogP contribution is 2.30. The minimum atomic E-state index is -0.196. The monoisotopic (exact) mass is 347 g/mol. The Balaban J connectivity index is 1.84. The highest BCUT2D eigenvalue weighted by Gasteiger charge is 2.30. The predicted octanol–water partition coefficient (Wildman–Crippen LogP) is 3.80. The van der Waals surface area contributed by atoms with E-state index >= 15 is 0 Å². The molecular weight excluding hydrogens is 326 g/mol. The van der Waals surface area contributed by atoms with E-state index in [0.29, 0.717) is 11.6 Å². The summed E-state index contributed by atoms with van der Waals surface area (Å²) < 4.78 is 17.5. The van der Waals surface area contributed by atoms with Crippen LogP contribution in [0.15, 0.2) is 48.5 Å². The van der Waals surface area contributed by atoms with Crippen LogP contribution in [-0.2, 0) is 4.74 Å². The third-order valence-corrected chi connectivity index (χ3v) is 4.41. The van der Waals surface area contributed by atoms with E-state index in [4.69, 9.17) is 25.8 Å². The first-order valence-corrected chi connectivity index (χ1v) is 8.40. The first-order valence-electron chi connectivity index (χ1n) is 8.02. The molecule has 2 atom stereocenters.